The Labute approximate surface area is 262 Å². The van der Waals surface area contributed by atoms with Crippen LogP contribution in [0.4, 0.5) is 0 Å². The number of rotatable bonds is 22. The van der Waals surface area contributed by atoms with E-state index in [0.717, 1.165) is 0 Å². The molecule has 0 unspecified atom stereocenters. The Balaban J connectivity index is 3.03. The van der Waals surface area contributed by atoms with E-state index in [2.05, 4.69) is 20.9 Å². The third kappa shape index (κ3) is 14.5. The van der Waals surface area contributed by atoms with Crippen LogP contribution in [0, 0.1) is 0 Å². The average Bonchev–Trinajstić information content (AvgIpc) is 3.47. The van der Waals surface area contributed by atoms with Crippen LogP contribution in [0.3, 0.4) is 0 Å². The van der Waals surface area contributed by atoms with Gasteiger partial charge in [-0.2, -0.15) is 0 Å². The number of hydrogen-bond donors (Lipinski definition) is 10. The predicted octanol–water partition coefficient (Wildman–Crippen LogP) is -3.37. The fraction of sp³-hybridized carbons (Fsp3) is 0.741. The molecule has 256 valence electrons. The summed E-state index contributed by atoms with van der Waals surface area (Å²) >= 11 is 0. The number of hydrogen-bond acceptors (Lipinski definition) is 10. The van der Waals surface area contributed by atoms with E-state index in [-0.39, 0.29) is 44.7 Å². The molecule has 0 aromatic carbocycles. The summed E-state index contributed by atoms with van der Waals surface area (Å²) in [4.78, 5) is 81.0. The van der Waals surface area contributed by atoms with Crippen molar-refractivity contribution >= 4 is 41.5 Å². The zero-order valence-corrected chi connectivity index (χ0v) is 25.6. The quantitative estimate of drug-likeness (QED) is 0.0313. The van der Waals surface area contributed by atoms with Crippen LogP contribution in [-0.2, 0) is 28.8 Å². The number of unbranched alkanes of at least 4 members (excludes halogenated alkanes) is 2. The molecule has 45 heavy (non-hydrogen) atoms. The van der Waals surface area contributed by atoms with Gasteiger partial charge in [-0.25, -0.2) is 4.79 Å². The van der Waals surface area contributed by atoms with E-state index in [9.17, 15) is 39.0 Å². The number of aliphatic imine (C=N–C) groups is 1. The molecular formula is C27H50N10O8. The predicted molar refractivity (Wildman–Crippen MR) is 164 cm³/mol. The minimum absolute atomic E-state index is 0.0274. The molecule has 0 aromatic rings. The van der Waals surface area contributed by atoms with Gasteiger partial charge in [-0.05, 0) is 70.9 Å². The third-order valence-electron chi connectivity index (χ3n) is 7.28. The minimum atomic E-state index is -1.47. The molecule has 1 aliphatic heterocycles. The number of aliphatic carboxylic acids is 2. The third-order valence-corrected chi connectivity index (χ3v) is 7.28. The van der Waals surface area contributed by atoms with Gasteiger partial charge in [0, 0.05) is 13.1 Å². The molecule has 0 spiro atoms. The molecule has 0 saturated carbocycles. The lowest BCUT2D eigenvalue weighted by atomic mass is 10.1. The highest BCUT2D eigenvalue weighted by Crippen LogP contribution is 2.20. The van der Waals surface area contributed by atoms with Crippen molar-refractivity contribution < 1.29 is 39.0 Å². The maximum atomic E-state index is 13.5. The molecule has 0 aromatic heterocycles. The van der Waals surface area contributed by atoms with Crippen molar-refractivity contribution in [3.05, 3.63) is 0 Å². The van der Waals surface area contributed by atoms with Gasteiger partial charge in [-0.3, -0.25) is 29.0 Å². The zero-order valence-electron chi connectivity index (χ0n) is 25.6. The molecule has 1 rings (SSSR count). The summed E-state index contributed by atoms with van der Waals surface area (Å²) in [5.74, 6) is -5.64. The molecule has 15 N–H and O–H groups in total. The molecule has 0 aliphatic carbocycles. The lowest BCUT2D eigenvalue weighted by molar-refractivity contribution is -0.146. The number of nitrogens with two attached hydrogens (primary N) is 5. The van der Waals surface area contributed by atoms with Gasteiger partial charge < -0.3 is 59.7 Å². The first-order valence-corrected chi connectivity index (χ1v) is 15.2. The first-order chi connectivity index (χ1) is 21.3. The number of likely N-dealkylation sites (tertiary alicyclic amines) is 1. The van der Waals surface area contributed by atoms with Crippen molar-refractivity contribution in [2.45, 2.75) is 101 Å². The molecule has 1 aliphatic rings. The summed E-state index contributed by atoms with van der Waals surface area (Å²) in [6.45, 7) is 1.03. The van der Waals surface area contributed by atoms with E-state index >= 15 is 0 Å². The number of carboxylic acid groups (broad SMARTS) is 2. The molecule has 1 fully saturated rings. The van der Waals surface area contributed by atoms with E-state index in [1.807, 2.05) is 0 Å². The van der Waals surface area contributed by atoms with Gasteiger partial charge >= 0.3 is 11.9 Å². The van der Waals surface area contributed by atoms with E-state index in [1.54, 1.807) is 0 Å². The second kappa shape index (κ2) is 20.8. The molecule has 0 radical (unpaired) electrons. The Morgan fingerprint density at radius 3 is 1.98 bits per heavy atom. The fourth-order valence-electron chi connectivity index (χ4n) is 4.86. The highest BCUT2D eigenvalue weighted by molar-refractivity contribution is 5.96. The topological polar surface area (TPSA) is 325 Å². The Hall–Kier alpha value is -4.03. The van der Waals surface area contributed by atoms with Crippen molar-refractivity contribution in [2.24, 2.45) is 33.7 Å². The van der Waals surface area contributed by atoms with Crippen LogP contribution < -0.4 is 44.6 Å². The Kier molecular flexibility index (Phi) is 18.1. The first kappa shape index (κ1) is 39.0. The SMILES string of the molecule is NCCCC[C@H](NC(=O)[C@@H]1CCCN1C(=O)[C@H](CC(=O)O)NC(=O)[C@@H](N)CCCCN)C(=O)N[C@@H](CCCN=C(N)N)C(=O)O. The number of amides is 4. The zero-order chi connectivity index (χ0) is 33.9. The summed E-state index contributed by atoms with van der Waals surface area (Å²) in [6.07, 6.45) is 2.85. The minimum Gasteiger partial charge on any atom is -0.481 e. The highest BCUT2D eigenvalue weighted by atomic mass is 16.4. The van der Waals surface area contributed by atoms with Crippen LogP contribution in [0.1, 0.15) is 70.6 Å². The highest BCUT2D eigenvalue weighted by Gasteiger charge is 2.40. The molecular weight excluding hydrogens is 592 g/mol. The fourth-order valence-corrected chi connectivity index (χ4v) is 4.86. The van der Waals surface area contributed by atoms with Gasteiger partial charge in [-0.1, -0.05) is 6.42 Å². The van der Waals surface area contributed by atoms with Crippen LogP contribution in [0.2, 0.25) is 0 Å². The van der Waals surface area contributed by atoms with Crippen LogP contribution in [0.15, 0.2) is 4.99 Å². The number of nitrogens with one attached hydrogen (secondary N) is 3. The summed E-state index contributed by atoms with van der Waals surface area (Å²) in [6, 6.07) is -5.91. The summed E-state index contributed by atoms with van der Waals surface area (Å²) < 4.78 is 0. The van der Waals surface area contributed by atoms with E-state index in [1.165, 1.54) is 4.90 Å². The number of carbonyl (C=O) groups is 6. The van der Waals surface area contributed by atoms with Crippen LogP contribution >= 0.6 is 0 Å². The maximum absolute atomic E-state index is 13.5. The van der Waals surface area contributed by atoms with Gasteiger partial charge in [0.15, 0.2) is 5.96 Å². The number of carboxylic acids is 2. The molecule has 18 nitrogen and oxygen atoms in total. The van der Waals surface area contributed by atoms with Crippen LogP contribution in [0.25, 0.3) is 0 Å². The van der Waals surface area contributed by atoms with Crippen molar-refractivity contribution in [3.63, 3.8) is 0 Å². The van der Waals surface area contributed by atoms with Gasteiger partial charge in [0.1, 0.15) is 24.2 Å². The largest absolute Gasteiger partial charge is 0.481 e. The lowest BCUT2D eigenvalue weighted by Gasteiger charge is -2.30. The van der Waals surface area contributed by atoms with Gasteiger partial charge in [-0.15, -0.1) is 0 Å². The molecule has 0 bridgehead atoms. The van der Waals surface area contributed by atoms with E-state index < -0.39 is 72.2 Å². The van der Waals surface area contributed by atoms with Crippen LogP contribution in [-0.4, -0.2) is 113 Å². The molecule has 1 saturated heterocycles. The number of carbonyl (C=O) groups excluding carboxylic acids is 4. The Bertz CT molecular complexity index is 1040. The van der Waals surface area contributed by atoms with E-state index in [4.69, 9.17) is 28.7 Å². The summed E-state index contributed by atoms with van der Waals surface area (Å²) in [5.41, 5.74) is 27.5. The van der Waals surface area contributed by atoms with Crippen molar-refractivity contribution in [2.75, 3.05) is 26.2 Å². The molecule has 5 atom stereocenters. The maximum Gasteiger partial charge on any atom is 0.326 e. The monoisotopic (exact) mass is 642 g/mol. The number of guanidine groups is 1. The Morgan fingerprint density at radius 1 is 0.800 bits per heavy atom. The summed E-state index contributed by atoms with van der Waals surface area (Å²) in [7, 11) is 0. The van der Waals surface area contributed by atoms with Crippen molar-refractivity contribution in [1.82, 2.24) is 20.9 Å². The molecule has 18 heteroatoms. The first-order valence-electron chi connectivity index (χ1n) is 15.2. The second-order valence-electron chi connectivity index (χ2n) is 10.9. The standard InChI is InChI=1S/C27H50N10O8/c28-11-3-1-7-16(30)22(40)36-19(15-21(38)39)25(43)37-14-6-10-20(37)24(42)34-17(8-2-4-12-29)23(41)35-18(26(44)45)9-5-13-33-27(31)32/h16-20H,1-15,28-30H2,(H,34,42)(H,35,41)(H,36,40)(H,38,39)(H,44,45)(H4,31,32,33)/t16-,17-,18-,19-,20-/m0/s1. The normalized spacial score (nSPS) is 17.0. The molecule has 4 amide bonds. The smallest absolute Gasteiger partial charge is 0.326 e. The second-order valence-corrected chi connectivity index (χ2v) is 10.9. The Morgan fingerprint density at radius 2 is 1.40 bits per heavy atom. The average molecular weight is 643 g/mol. The van der Waals surface area contributed by atoms with Crippen molar-refractivity contribution in [1.29, 1.82) is 0 Å². The molecule has 1 heterocycles. The van der Waals surface area contributed by atoms with Crippen LogP contribution in [0.5, 0.6) is 0 Å². The number of nitrogens with zero attached hydrogens (tertiary/aromatic N) is 2. The van der Waals surface area contributed by atoms with Gasteiger partial charge in [0.25, 0.3) is 0 Å². The van der Waals surface area contributed by atoms with E-state index in [0.29, 0.717) is 51.6 Å². The van der Waals surface area contributed by atoms with Gasteiger partial charge in [0.2, 0.25) is 23.6 Å². The van der Waals surface area contributed by atoms with Crippen molar-refractivity contribution in [3.8, 4) is 0 Å². The van der Waals surface area contributed by atoms with Gasteiger partial charge in [0.05, 0.1) is 12.5 Å². The lowest BCUT2D eigenvalue weighted by Crippen LogP contribution is -2.58. The summed E-state index contributed by atoms with van der Waals surface area (Å²) in [5, 5.41) is 26.5.